The fourth-order valence-corrected chi connectivity index (χ4v) is 2.70. The van der Waals surface area contributed by atoms with Gasteiger partial charge in [0.2, 0.25) is 5.91 Å². The van der Waals surface area contributed by atoms with Crippen molar-refractivity contribution in [3.05, 3.63) is 27.8 Å². The Morgan fingerprint density at radius 2 is 1.79 bits per heavy atom. The van der Waals surface area contributed by atoms with Crippen molar-refractivity contribution in [2.24, 2.45) is 5.92 Å². The molecule has 5 nitrogen and oxygen atoms in total. The summed E-state index contributed by atoms with van der Waals surface area (Å²) in [7, 11) is 0. The highest BCUT2D eigenvalue weighted by Gasteiger charge is 2.32. The maximum Gasteiger partial charge on any atom is 0.422 e. The Labute approximate surface area is 150 Å². The van der Waals surface area contributed by atoms with Gasteiger partial charge in [0.05, 0.1) is 0 Å². The zero-order chi connectivity index (χ0) is 17.7. The highest BCUT2D eigenvalue weighted by Crippen LogP contribution is 2.21. The molecule has 1 aliphatic heterocycles. The highest BCUT2D eigenvalue weighted by molar-refractivity contribution is 14.1. The number of hydrogen-bond donors (Lipinski definition) is 1. The van der Waals surface area contributed by atoms with E-state index >= 15 is 0 Å². The summed E-state index contributed by atoms with van der Waals surface area (Å²) in [5.41, 5.74) is 0.687. The summed E-state index contributed by atoms with van der Waals surface area (Å²) >= 11 is 2.16. The molecule has 24 heavy (non-hydrogen) atoms. The summed E-state index contributed by atoms with van der Waals surface area (Å²) in [6, 6.07) is 7.33. The molecule has 9 heteroatoms. The zero-order valence-corrected chi connectivity index (χ0v) is 14.8. The smallest absolute Gasteiger partial charge is 0.422 e. The van der Waals surface area contributed by atoms with Crippen LogP contribution in [0.4, 0.5) is 23.7 Å². The van der Waals surface area contributed by atoms with E-state index in [1.54, 1.807) is 12.1 Å². The van der Waals surface area contributed by atoms with E-state index in [0.717, 1.165) is 3.57 Å². The lowest BCUT2D eigenvalue weighted by atomic mass is 9.96. The number of likely N-dealkylation sites (tertiary alicyclic amines) is 1. The Hall–Kier alpha value is -1.52. The molecule has 0 aromatic heterocycles. The van der Waals surface area contributed by atoms with Gasteiger partial charge in [0.1, 0.15) is 0 Å². The number of piperidine rings is 1. The molecule has 1 N–H and O–H groups in total. The lowest BCUT2D eigenvalue weighted by Gasteiger charge is -2.30. The van der Waals surface area contributed by atoms with Crippen molar-refractivity contribution in [1.82, 2.24) is 4.90 Å². The van der Waals surface area contributed by atoms with E-state index < -0.39 is 18.9 Å². The van der Waals surface area contributed by atoms with E-state index in [-0.39, 0.29) is 24.9 Å². The molecule has 1 aliphatic rings. The average molecular weight is 456 g/mol. The number of nitrogens with one attached hydrogen (secondary N) is 1. The topological polar surface area (TPSA) is 58.6 Å². The Morgan fingerprint density at radius 1 is 1.21 bits per heavy atom. The first-order chi connectivity index (χ1) is 11.2. The zero-order valence-electron chi connectivity index (χ0n) is 12.6. The molecule has 0 aliphatic carbocycles. The largest absolute Gasteiger partial charge is 0.440 e. The van der Waals surface area contributed by atoms with Crippen LogP contribution < -0.4 is 5.32 Å². The minimum absolute atomic E-state index is 0.153. The number of nitrogens with zero attached hydrogens (tertiary/aromatic N) is 1. The van der Waals surface area contributed by atoms with Crippen LogP contribution >= 0.6 is 22.6 Å². The van der Waals surface area contributed by atoms with Crippen LogP contribution in [0, 0.1) is 9.49 Å². The molecule has 1 aromatic carbocycles. The van der Waals surface area contributed by atoms with E-state index in [1.165, 1.54) is 4.90 Å². The summed E-state index contributed by atoms with van der Waals surface area (Å²) in [4.78, 5) is 24.9. The van der Waals surface area contributed by atoms with Crippen LogP contribution in [0.15, 0.2) is 24.3 Å². The van der Waals surface area contributed by atoms with Crippen molar-refractivity contribution in [2.75, 3.05) is 25.0 Å². The fraction of sp³-hybridized carbons (Fsp3) is 0.467. The quantitative estimate of drug-likeness (QED) is 0.707. The van der Waals surface area contributed by atoms with E-state index in [9.17, 15) is 22.8 Å². The minimum Gasteiger partial charge on any atom is -0.440 e. The fourth-order valence-electron chi connectivity index (χ4n) is 2.34. The number of benzene rings is 1. The van der Waals surface area contributed by atoms with Gasteiger partial charge >= 0.3 is 12.3 Å². The lowest BCUT2D eigenvalue weighted by molar-refractivity contribution is -0.162. The first-order valence-electron chi connectivity index (χ1n) is 7.29. The normalized spacial score (nSPS) is 15.9. The van der Waals surface area contributed by atoms with Gasteiger partial charge in [0.15, 0.2) is 6.61 Å². The predicted molar refractivity (Wildman–Crippen MR) is 89.5 cm³/mol. The van der Waals surface area contributed by atoms with Gasteiger partial charge in [-0.3, -0.25) is 4.79 Å². The number of halogens is 4. The number of carbonyl (C=O) groups excluding carboxylic acids is 2. The molecule has 1 aromatic rings. The molecule has 1 saturated heterocycles. The maximum absolute atomic E-state index is 12.2. The van der Waals surface area contributed by atoms with Gasteiger partial charge in [0, 0.05) is 28.3 Å². The molecule has 0 atom stereocenters. The number of ether oxygens (including phenoxy) is 1. The van der Waals surface area contributed by atoms with Gasteiger partial charge in [-0.2, -0.15) is 13.2 Å². The number of carbonyl (C=O) groups is 2. The monoisotopic (exact) mass is 456 g/mol. The van der Waals surface area contributed by atoms with Crippen LogP contribution in [0.3, 0.4) is 0 Å². The van der Waals surface area contributed by atoms with Crippen molar-refractivity contribution < 1.29 is 27.5 Å². The third-order valence-corrected chi connectivity index (χ3v) is 4.31. The maximum atomic E-state index is 12.2. The Bertz CT molecular complexity index is 585. The molecule has 2 rings (SSSR count). The molecule has 132 valence electrons. The number of alkyl halides is 3. The first kappa shape index (κ1) is 18.8. The van der Waals surface area contributed by atoms with Gasteiger partial charge in [-0.15, -0.1) is 0 Å². The molecular weight excluding hydrogens is 440 g/mol. The SMILES string of the molecule is O=C(Nc1ccc(I)cc1)C1CCN(C(=O)OCC(F)(F)F)CC1. The molecular formula is C15H16F3IN2O3. The summed E-state index contributed by atoms with van der Waals surface area (Å²) in [5, 5.41) is 2.80. The van der Waals surface area contributed by atoms with E-state index in [1.807, 2.05) is 12.1 Å². The first-order valence-corrected chi connectivity index (χ1v) is 8.37. The van der Waals surface area contributed by atoms with Gasteiger partial charge in [-0.1, -0.05) is 0 Å². The van der Waals surface area contributed by atoms with Crippen molar-refractivity contribution in [3.8, 4) is 0 Å². The van der Waals surface area contributed by atoms with Crippen LogP contribution in [-0.2, 0) is 9.53 Å². The molecule has 0 unspecified atom stereocenters. The van der Waals surface area contributed by atoms with Crippen LogP contribution in [-0.4, -0.2) is 42.8 Å². The number of hydrogen-bond acceptors (Lipinski definition) is 3. The van der Waals surface area contributed by atoms with Crippen molar-refractivity contribution in [3.63, 3.8) is 0 Å². The summed E-state index contributed by atoms with van der Waals surface area (Å²) in [6.07, 6.45) is -4.76. The molecule has 2 amide bonds. The molecule has 1 fully saturated rings. The summed E-state index contributed by atoms with van der Waals surface area (Å²) < 4.78 is 41.4. The Balaban J connectivity index is 1.78. The third-order valence-electron chi connectivity index (χ3n) is 3.60. The predicted octanol–water partition coefficient (Wildman–Crippen LogP) is 3.64. The van der Waals surface area contributed by atoms with E-state index in [0.29, 0.717) is 18.5 Å². The molecule has 1 heterocycles. The molecule has 0 bridgehead atoms. The minimum atomic E-state index is -4.54. The van der Waals surface area contributed by atoms with Crippen LogP contribution in [0.5, 0.6) is 0 Å². The summed E-state index contributed by atoms with van der Waals surface area (Å²) in [5.74, 6) is -0.435. The van der Waals surface area contributed by atoms with E-state index in [2.05, 4.69) is 32.6 Å². The molecule has 0 spiro atoms. The highest BCUT2D eigenvalue weighted by atomic mass is 127. The Morgan fingerprint density at radius 3 is 2.33 bits per heavy atom. The van der Waals surface area contributed by atoms with Gasteiger partial charge in [-0.05, 0) is 59.7 Å². The Kier molecular flexibility index (Phi) is 6.30. The van der Waals surface area contributed by atoms with Crippen molar-refractivity contribution in [2.45, 2.75) is 19.0 Å². The van der Waals surface area contributed by atoms with Gasteiger partial charge in [-0.25, -0.2) is 4.79 Å². The molecule has 0 saturated carbocycles. The number of anilines is 1. The standard InChI is InChI=1S/C15H16F3IN2O3/c16-15(17,18)9-24-14(23)21-7-5-10(6-8-21)13(22)20-12-3-1-11(19)2-4-12/h1-4,10H,5-9H2,(H,20,22). The molecule has 0 radical (unpaired) electrons. The second kappa shape index (κ2) is 8.04. The van der Waals surface area contributed by atoms with Crippen LogP contribution in [0.1, 0.15) is 12.8 Å². The van der Waals surface area contributed by atoms with Crippen molar-refractivity contribution >= 4 is 40.3 Å². The number of amides is 2. The second-order valence-corrected chi connectivity index (χ2v) is 6.67. The van der Waals surface area contributed by atoms with Crippen LogP contribution in [0.2, 0.25) is 0 Å². The van der Waals surface area contributed by atoms with Crippen LogP contribution in [0.25, 0.3) is 0 Å². The van der Waals surface area contributed by atoms with Crippen molar-refractivity contribution in [1.29, 1.82) is 0 Å². The van der Waals surface area contributed by atoms with Gasteiger partial charge in [0.25, 0.3) is 0 Å². The van der Waals surface area contributed by atoms with Gasteiger partial charge < -0.3 is 15.0 Å². The third kappa shape index (κ3) is 5.84. The number of rotatable bonds is 3. The average Bonchev–Trinajstić information content (AvgIpc) is 2.54. The summed E-state index contributed by atoms with van der Waals surface area (Å²) in [6.45, 7) is -1.21. The van der Waals surface area contributed by atoms with E-state index in [4.69, 9.17) is 0 Å². The second-order valence-electron chi connectivity index (χ2n) is 5.43. The lowest BCUT2D eigenvalue weighted by Crippen LogP contribution is -2.42.